The van der Waals surface area contributed by atoms with Crippen LogP contribution in [0.2, 0.25) is 0 Å². The van der Waals surface area contributed by atoms with Gasteiger partial charge in [-0.15, -0.1) is 22.7 Å². The zero-order chi connectivity index (χ0) is 21.3. The molecule has 0 bridgehead atoms. The average molecular weight is 443 g/mol. The molecule has 0 aliphatic carbocycles. The Balaban J connectivity index is 1.86. The van der Waals surface area contributed by atoms with E-state index >= 15 is 0 Å². The summed E-state index contributed by atoms with van der Waals surface area (Å²) in [5.41, 5.74) is 1.64. The third kappa shape index (κ3) is 3.81. The number of hydrogen-bond acceptors (Lipinski definition) is 7. The van der Waals surface area contributed by atoms with Gasteiger partial charge in [0.25, 0.3) is 0 Å². The maximum absolute atomic E-state index is 14.1. The number of furan rings is 2. The van der Waals surface area contributed by atoms with Crippen molar-refractivity contribution in [2.24, 2.45) is 0 Å². The summed E-state index contributed by atoms with van der Waals surface area (Å²) in [7, 11) is 0. The lowest BCUT2D eigenvalue weighted by atomic mass is 9.85. The van der Waals surface area contributed by atoms with Gasteiger partial charge in [0.15, 0.2) is 5.78 Å². The fourth-order valence-electron chi connectivity index (χ4n) is 3.73. The smallest absolute Gasteiger partial charge is 0.164 e. The standard InChI is InChI=1S/C23H22O5S2/c1-13-9-15(11-24)27-22(13)19(17-5-3-7-29-17)21(26)20(18-6-4-8-30-18)23-14(2)10-16(12-25)28-23/h3-10,19-20,24-25H,11-12H2,1-2H3. The van der Waals surface area contributed by atoms with E-state index in [1.54, 1.807) is 12.1 Å². The molecule has 7 heteroatoms. The molecule has 0 aliphatic rings. The highest BCUT2D eigenvalue weighted by atomic mass is 32.1. The largest absolute Gasteiger partial charge is 0.462 e. The van der Waals surface area contributed by atoms with Crippen LogP contribution in [0.4, 0.5) is 0 Å². The Hall–Kier alpha value is -2.45. The molecule has 4 aromatic rings. The first-order valence-corrected chi connectivity index (χ1v) is 11.3. The fraction of sp³-hybridized carbons (Fsp3) is 0.261. The predicted molar refractivity (Wildman–Crippen MR) is 116 cm³/mol. The van der Waals surface area contributed by atoms with Crippen molar-refractivity contribution in [2.45, 2.75) is 38.9 Å². The zero-order valence-electron chi connectivity index (χ0n) is 16.6. The molecule has 5 nitrogen and oxygen atoms in total. The summed E-state index contributed by atoms with van der Waals surface area (Å²) in [5, 5.41) is 22.9. The summed E-state index contributed by atoms with van der Waals surface area (Å²) in [6, 6.07) is 11.2. The second-order valence-corrected chi connectivity index (χ2v) is 9.09. The fourth-order valence-corrected chi connectivity index (χ4v) is 5.39. The lowest BCUT2D eigenvalue weighted by Gasteiger charge is -2.20. The molecule has 2 N–H and O–H groups in total. The molecular weight excluding hydrogens is 420 g/mol. The minimum atomic E-state index is -0.625. The molecule has 0 spiro atoms. The van der Waals surface area contributed by atoms with E-state index in [0.29, 0.717) is 23.0 Å². The number of thiophene rings is 2. The van der Waals surface area contributed by atoms with E-state index < -0.39 is 11.8 Å². The van der Waals surface area contributed by atoms with Crippen molar-refractivity contribution in [3.63, 3.8) is 0 Å². The highest BCUT2D eigenvalue weighted by Crippen LogP contribution is 2.41. The number of hydrogen-bond donors (Lipinski definition) is 2. The van der Waals surface area contributed by atoms with Crippen molar-refractivity contribution in [1.82, 2.24) is 0 Å². The zero-order valence-corrected chi connectivity index (χ0v) is 18.3. The van der Waals surface area contributed by atoms with Gasteiger partial charge in [-0.05, 0) is 60.0 Å². The lowest BCUT2D eigenvalue weighted by molar-refractivity contribution is -0.120. The normalized spacial score (nSPS) is 13.5. The minimum absolute atomic E-state index is 0.0659. The number of aliphatic hydroxyl groups excluding tert-OH is 2. The van der Waals surface area contributed by atoms with Crippen LogP contribution in [0.3, 0.4) is 0 Å². The summed E-state index contributed by atoms with van der Waals surface area (Å²) in [4.78, 5) is 15.8. The molecule has 0 amide bonds. The number of aliphatic hydroxyl groups is 2. The summed E-state index contributed by atoms with van der Waals surface area (Å²) in [6.45, 7) is 3.32. The van der Waals surface area contributed by atoms with Gasteiger partial charge in [0.05, 0.1) is 0 Å². The van der Waals surface area contributed by atoms with Crippen LogP contribution in [0.1, 0.15) is 55.8 Å². The van der Waals surface area contributed by atoms with Crippen LogP contribution in [0.15, 0.2) is 56.0 Å². The average Bonchev–Trinajstić information content (AvgIpc) is 3.52. The number of aryl methyl sites for hydroxylation is 2. The van der Waals surface area contributed by atoms with E-state index in [1.165, 1.54) is 22.7 Å². The van der Waals surface area contributed by atoms with Gasteiger partial charge >= 0.3 is 0 Å². The molecule has 4 heterocycles. The maximum atomic E-state index is 14.1. The SMILES string of the molecule is Cc1cc(CO)oc1C(C(=O)C(c1cccs1)c1oc(CO)cc1C)c1cccs1. The highest BCUT2D eigenvalue weighted by molar-refractivity contribution is 7.10. The van der Waals surface area contributed by atoms with E-state index in [9.17, 15) is 15.0 Å². The van der Waals surface area contributed by atoms with E-state index in [2.05, 4.69) is 0 Å². The second kappa shape index (κ2) is 8.73. The van der Waals surface area contributed by atoms with Crippen LogP contribution >= 0.6 is 22.7 Å². The molecule has 0 saturated heterocycles. The quantitative estimate of drug-likeness (QED) is 0.395. The number of carbonyl (C=O) groups excluding carboxylic acids is 1. The molecule has 4 rings (SSSR count). The molecule has 0 radical (unpaired) electrons. The summed E-state index contributed by atoms with van der Waals surface area (Å²) >= 11 is 2.99. The van der Waals surface area contributed by atoms with E-state index in [-0.39, 0.29) is 19.0 Å². The molecule has 156 valence electrons. The first-order chi connectivity index (χ1) is 14.5. The Bertz CT molecular complexity index is 1030. The Kier molecular flexibility index (Phi) is 6.06. The second-order valence-electron chi connectivity index (χ2n) is 7.14. The molecular formula is C23H22O5S2. The van der Waals surface area contributed by atoms with Crippen LogP contribution in [0.25, 0.3) is 0 Å². The number of ketones is 1. The Morgan fingerprint density at radius 2 is 1.30 bits per heavy atom. The van der Waals surface area contributed by atoms with Gasteiger partial charge in [-0.1, -0.05) is 12.1 Å². The van der Waals surface area contributed by atoms with Crippen LogP contribution < -0.4 is 0 Å². The van der Waals surface area contributed by atoms with Crippen molar-refractivity contribution in [3.8, 4) is 0 Å². The maximum Gasteiger partial charge on any atom is 0.164 e. The molecule has 0 aliphatic heterocycles. The minimum Gasteiger partial charge on any atom is -0.462 e. The van der Waals surface area contributed by atoms with E-state index in [1.807, 2.05) is 48.9 Å². The first kappa shape index (κ1) is 20.8. The molecule has 2 unspecified atom stereocenters. The molecule has 2 atom stereocenters. The molecule has 4 aromatic heterocycles. The van der Waals surface area contributed by atoms with Gasteiger partial charge in [-0.3, -0.25) is 4.79 Å². The number of Topliss-reactive ketones (excluding diaryl/α,β-unsaturated/α-hetero) is 1. The predicted octanol–water partition coefficient (Wildman–Crippen LogP) is 5.13. The number of rotatable bonds is 8. The van der Waals surface area contributed by atoms with Crippen molar-refractivity contribution < 1.29 is 23.8 Å². The Labute approximate surface area is 182 Å². The third-order valence-electron chi connectivity index (χ3n) is 5.07. The van der Waals surface area contributed by atoms with Gasteiger partial charge < -0.3 is 19.0 Å². The van der Waals surface area contributed by atoms with Gasteiger partial charge in [0.1, 0.15) is 48.1 Å². The summed E-state index contributed by atoms with van der Waals surface area (Å²) in [5.74, 6) is 0.629. The summed E-state index contributed by atoms with van der Waals surface area (Å²) < 4.78 is 11.8. The van der Waals surface area contributed by atoms with Crippen LogP contribution in [-0.4, -0.2) is 16.0 Å². The van der Waals surface area contributed by atoms with Gasteiger partial charge in [0, 0.05) is 9.75 Å². The lowest BCUT2D eigenvalue weighted by Crippen LogP contribution is -2.22. The molecule has 30 heavy (non-hydrogen) atoms. The van der Waals surface area contributed by atoms with Crippen LogP contribution in [0, 0.1) is 13.8 Å². The Morgan fingerprint density at radius 3 is 1.60 bits per heavy atom. The van der Waals surface area contributed by atoms with E-state index in [4.69, 9.17) is 8.83 Å². The Morgan fingerprint density at radius 1 is 0.867 bits per heavy atom. The number of carbonyl (C=O) groups is 1. The van der Waals surface area contributed by atoms with Crippen molar-refractivity contribution in [2.75, 3.05) is 0 Å². The van der Waals surface area contributed by atoms with Gasteiger partial charge in [-0.2, -0.15) is 0 Å². The van der Waals surface area contributed by atoms with Crippen molar-refractivity contribution in [3.05, 3.63) is 91.1 Å². The molecule has 0 aromatic carbocycles. The molecule has 0 saturated carbocycles. The van der Waals surface area contributed by atoms with Crippen molar-refractivity contribution >= 4 is 28.5 Å². The van der Waals surface area contributed by atoms with E-state index in [0.717, 1.165) is 20.9 Å². The topological polar surface area (TPSA) is 83.8 Å². The first-order valence-electron chi connectivity index (χ1n) is 9.54. The van der Waals surface area contributed by atoms with Gasteiger partial charge in [-0.25, -0.2) is 0 Å². The van der Waals surface area contributed by atoms with Gasteiger partial charge in [0.2, 0.25) is 0 Å². The van der Waals surface area contributed by atoms with Crippen LogP contribution in [-0.2, 0) is 18.0 Å². The summed E-state index contributed by atoms with van der Waals surface area (Å²) in [6.07, 6.45) is 0. The van der Waals surface area contributed by atoms with Crippen LogP contribution in [0.5, 0.6) is 0 Å². The molecule has 0 fully saturated rings. The highest BCUT2D eigenvalue weighted by Gasteiger charge is 2.38. The third-order valence-corrected chi connectivity index (χ3v) is 6.95. The monoisotopic (exact) mass is 442 g/mol. The van der Waals surface area contributed by atoms with Crippen molar-refractivity contribution in [1.29, 1.82) is 0 Å².